The Labute approximate surface area is 99.8 Å². The van der Waals surface area contributed by atoms with Crippen molar-refractivity contribution in [3.05, 3.63) is 24.6 Å². The zero-order valence-electron chi connectivity index (χ0n) is 9.58. The van der Waals surface area contributed by atoms with Crippen molar-refractivity contribution in [2.45, 2.75) is 25.4 Å². The summed E-state index contributed by atoms with van der Waals surface area (Å²) in [7, 11) is -3.75. The van der Waals surface area contributed by atoms with E-state index in [1.165, 1.54) is 6.92 Å². The summed E-state index contributed by atoms with van der Waals surface area (Å²) in [6, 6.07) is 0. The van der Waals surface area contributed by atoms with E-state index in [1.54, 1.807) is 0 Å². The third-order valence-corrected chi connectivity index (χ3v) is 3.43. The molecule has 0 aromatic carbocycles. The Balaban J connectivity index is 4.51. The maximum Gasteiger partial charge on any atom is 0.333 e. The van der Waals surface area contributed by atoms with Gasteiger partial charge in [-0.3, -0.25) is 4.79 Å². The van der Waals surface area contributed by atoms with Gasteiger partial charge in [-0.25, -0.2) is 13.2 Å². The molecule has 2 atom stereocenters. The molecular weight excluding hydrogens is 248 g/mol. The molecule has 0 aliphatic rings. The highest BCUT2D eigenvalue weighted by Crippen LogP contribution is 2.07. The number of carbonyl (C=O) groups excluding carboxylic acids is 2. The van der Waals surface area contributed by atoms with Crippen LogP contribution in [0, 0.1) is 0 Å². The molecule has 6 nitrogen and oxygen atoms in total. The number of hydrogen-bond donors (Lipinski definition) is 0. The lowest BCUT2D eigenvalue weighted by molar-refractivity contribution is -0.180. The third-order valence-electron chi connectivity index (χ3n) is 1.79. The smallest absolute Gasteiger partial charge is 0.333 e. The van der Waals surface area contributed by atoms with Crippen molar-refractivity contribution >= 4 is 21.8 Å². The number of ether oxygens (including phenoxy) is 2. The van der Waals surface area contributed by atoms with Gasteiger partial charge < -0.3 is 9.47 Å². The van der Waals surface area contributed by atoms with Gasteiger partial charge in [-0.1, -0.05) is 13.2 Å². The maximum atomic E-state index is 11.4. The Morgan fingerprint density at radius 1 is 1.18 bits per heavy atom. The molecule has 0 radical (unpaired) electrons. The summed E-state index contributed by atoms with van der Waals surface area (Å²) < 4.78 is 31.7. The van der Waals surface area contributed by atoms with Gasteiger partial charge in [0.25, 0.3) is 0 Å². The van der Waals surface area contributed by atoms with Crippen LogP contribution in [-0.4, -0.2) is 31.9 Å². The first kappa shape index (κ1) is 15.4. The number of hydrogen-bond acceptors (Lipinski definition) is 6. The predicted molar refractivity (Wildman–Crippen MR) is 60.4 cm³/mol. The standard InChI is InChI=1S/C10H14O6S/c1-5-9(11)15-8(4)16-10(12)7(3)17(13,14)6-2/h5-8H,1-2H2,3-4H3. The zero-order valence-corrected chi connectivity index (χ0v) is 10.4. The second-order valence-corrected chi connectivity index (χ2v) is 5.26. The van der Waals surface area contributed by atoms with Gasteiger partial charge in [0.15, 0.2) is 15.1 Å². The van der Waals surface area contributed by atoms with Gasteiger partial charge in [0.2, 0.25) is 6.29 Å². The average molecular weight is 262 g/mol. The second-order valence-electron chi connectivity index (χ2n) is 3.04. The normalized spacial score (nSPS) is 14.2. The highest BCUT2D eigenvalue weighted by molar-refractivity contribution is 7.95. The van der Waals surface area contributed by atoms with E-state index in [4.69, 9.17) is 0 Å². The molecule has 96 valence electrons. The Bertz CT molecular complexity index is 422. The Morgan fingerprint density at radius 3 is 2.12 bits per heavy atom. The van der Waals surface area contributed by atoms with Crippen molar-refractivity contribution in [3.8, 4) is 0 Å². The van der Waals surface area contributed by atoms with E-state index in [0.717, 1.165) is 13.0 Å². The molecule has 0 aliphatic heterocycles. The average Bonchev–Trinajstić information content (AvgIpc) is 2.27. The van der Waals surface area contributed by atoms with Crippen molar-refractivity contribution in [1.82, 2.24) is 0 Å². The van der Waals surface area contributed by atoms with Crippen molar-refractivity contribution < 1.29 is 27.5 Å². The van der Waals surface area contributed by atoms with Crippen molar-refractivity contribution in [1.29, 1.82) is 0 Å². The largest absolute Gasteiger partial charge is 0.424 e. The van der Waals surface area contributed by atoms with E-state index < -0.39 is 33.3 Å². The van der Waals surface area contributed by atoms with Crippen LogP contribution in [-0.2, 0) is 28.9 Å². The molecular formula is C10H14O6S. The topological polar surface area (TPSA) is 86.7 Å². The van der Waals surface area contributed by atoms with E-state index in [2.05, 4.69) is 22.6 Å². The monoisotopic (exact) mass is 262 g/mol. The van der Waals surface area contributed by atoms with Crippen molar-refractivity contribution in [3.63, 3.8) is 0 Å². The van der Waals surface area contributed by atoms with Crippen LogP contribution in [0.15, 0.2) is 24.6 Å². The molecule has 0 saturated carbocycles. The first-order valence-corrected chi connectivity index (χ1v) is 6.25. The van der Waals surface area contributed by atoms with E-state index >= 15 is 0 Å². The molecule has 2 unspecified atom stereocenters. The van der Waals surface area contributed by atoms with Crippen LogP contribution < -0.4 is 0 Å². The molecule has 0 heterocycles. The predicted octanol–water partition coefficient (Wildman–Crippen LogP) is 0.552. The van der Waals surface area contributed by atoms with Gasteiger partial charge >= 0.3 is 11.9 Å². The van der Waals surface area contributed by atoms with Crippen LogP contribution in [0.25, 0.3) is 0 Å². The first-order chi connectivity index (χ1) is 7.74. The van der Waals surface area contributed by atoms with Crippen LogP contribution in [0.2, 0.25) is 0 Å². The number of sulfone groups is 1. The molecule has 7 heteroatoms. The maximum absolute atomic E-state index is 11.4. The molecule has 0 aromatic rings. The van der Waals surface area contributed by atoms with E-state index in [1.807, 2.05) is 0 Å². The third kappa shape index (κ3) is 4.81. The summed E-state index contributed by atoms with van der Waals surface area (Å²) >= 11 is 0. The van der Waals surface area contributed by atoms with Gasteiger partial charge in [0.1, 0.15) is 0 Å². The van der Waals surface area contributed by atoms with Crippen LogP contribution >= 0.6 is 0 Å². The fourth-order valence-electron chi connectivity index (χ4n) is 0.774. The summed E-state index contributed by atoms with van der Waals surface area (Å²) in [6.07, 6.45) is -0.288. The number of esters is 2. The lowest BCUT2D eigenvalue weighted by atomic mass is 10.5. The zero-order chi connectivity index (χ0) is 13.6. The van der Waals surface area contributed by atoms with Gasteiger partial charge in [0, 0.05) is 18.4 Å². The van der Waals surface area contributed by atoms with E-state index in [9.17, 15) is 18.0 Å². The van der Waals surface area contributed by atoms with Crippen LogP contribution in [0.5, 0.6) is 0 Å². The molecule has 0 spiro atoms. The van der Waals surface area contributed by atoms with Crippen LogP contribution in [0.1, 0.15) is 13.8 Å². The van der Waals surface area contributed by atoms with Gasteiger partial charge in [0.05, 0.1) is 0 Å². The fraction of sp³-hybridized carbons (Fsp3) is 0.400. The summed E-state index contributed by atoms with van der Waals surface area (Å²) in [5.74, 6) is -1.79. The minimum absolute atomic E-state index is 0.666. The SMILES string of the molecule is C=CC(=O)OC(C)OC(=O)C(C)S(=O)(=O)C=C. The van der Waals surface area contributed by atoms with Crippen molar-refractivity contribution in [2.75, 3.05) is 0 Å². The van der Waals surface area contributed by atoms with Crippen molar-refractivity contribution in [2.24, 2.45) is 0 Å². The Morgan fingerprint density at radius 2 is 1.71 bits per heavy atom. The lowest BCUT2D eigenvalue weighted by Gasteiger charge is -2.15. The molecule has 0 N–H and O–H groups in total. The molecule has 0 saturated heterocycles. The molecule has 0 bridgehead atoms. The number of rotatable bonds is 6. The second kappa shape index (κ2) is 6.19. The summed E-state index contributed by atoms with van der Waals surface area (Å²) in [5, 5.41) is -0.732. The Kier molecular flexibility index (Phi) is 5.60. The minimum Gasteiger partial charge on any atom is -0.424 e. The van der Waals surface area contributed by atoms with Gasteiger partial charge in [-0.2, -0.15) is 0 Å². The van der Waals surface area contributed by atoms with E-state index in [-0.39, 0.29) is 0 Å². The minimum atomic E-state index is -3.75. The summed E-state index contributed by atoms with van der Waals surface area (Å²) in [6.45, 7) is 8.68. The highest BCUT2D eigenvalue weighted by atomic mass is 32.2. The van der Waals surface area contributed by atoms with Crippen LogP contribution in [0.4, 0.5) is 0 Å². The Hall–Kier alpha value is -1.63. The molecule has 17 heavy (non-hydrogen) atoms. The lowest BCUT2D eigenvalue weighted by Crippen LogP contribution is -2.31. The van der Waals surface area contributed by atoms with E-state index in [0.29, 0.717) is 5.41 Å². The molecule has 0 amide bonds. The molecule has 0 aliphatic carbocycles. The van der Waals surface area contributed by atoms with Gasteiger partial charge in [-0.15, -0.1) is 0 Å². The van der Waals surface area contributed by atoms with Crippen LogP contribution in [0.3, 0.4) is 0 Å². The summed E-state index contributed by atoms with van der Waals surface area (Å²) in [4.78, 5) is 22.1. The van der Waals surface area contributed by atoms with Gasteiger partial charge in [-0.05, 0) is 6.92 Å². The molecule has 0 aromatic heterocycles. The summed E-state index contributed by atoms with van der Waals surface area (Å²) in [5.41, 5.74) is 0. The number of carbonyl (C=O) groups is 2. The quantitative estimate of drug-likeness (QED) is 0.395. The molecule has 0 rings (SSSR count). The molecule has 0 fully saturated rings. The fourth-order valence-corrected chi connectivity index (χ4v) is 1.39. The first-order valence-electron chi connectivity index (χ1n) is 4.64. The highest BCUT2D eigenvalue weighted by Gasteiger charge is 2.28.